The number of benzene rings is 2. The molecule has 0 spiro atoms. The summed E-state index contributed by atoms with van der Waals surface area (Å²) < 4.78 is 25.9. The lowest BCUT2D eigenvalue weighted by atomic mass is 10.1. The Labute approximate surface area is 166 Å². The lowest BCUT2D eigenvalue weighted by Gasteiger charge is -2.01. The van der Waals surface area contributed by atoms with Crippen molar-refractivity contribution in [2.45, 2.75) is 18.4 Å². The summed E-state index contributed by atoms with van der Waals surface area (Å²) in [6.45, 7) is 1.64. The van der Waals surface area contributed by atoms with Crippen LogP contribution in [0.15, 0.2) is 52.4 Å². The normalized spacial score (nSPS) is 12.1. The third-order valence-electron chi connectivity index (χ3n) is 4.07. The highest BCUT2D eigenvalue weighted by atomic mass is 32.2. The van der Waals surface area contributed by atoms with E-state index in [0.717, 1.165) is 6.26 Å². The van der Waals surface area contributed by atoms with Crippen LogP contribution in [0.2, 0.25) is 0 Å². The number of sulfone groups is 1. The molecule has 6 nitrogen and oxygen atoms in total. The second-order valence-electron chi connectivity index (χ2n) is 6.13. The first-order valence-corrected chi connectivity index (χ1v) is 10.9. The Hall–Kier alpha value is -3.02. The van der Waals surface area contributed by atoms with Crippen molar-refractivity contribution in [2.24, 2.45) is 4.99 Å². The van der Waals surface area contributed by atoms with Crippen molar-refractivity contribution < 1.29 is 18.0 Å². The Morgan fingerprint density at radius 3 is 2.36 bits per heavy atom. The number of ketones is 1. The van der Waals surface area contributed by atoms with Gasteiger partial charge in [-0.15, -0.1) is 6.42 Å². The summed E-state index contributed by atoms with van der Waals surface area (Å²) in [5, 5.41) is 0. The molecule has 3 aromatic rings. The number of nitrogens with zero attached hydrogens (tertiary/aromatic N) is 2. The van der Waals surface area contributed by atoms with Crippen LogP contribution in [0.5, 0.6) is 0 Å². The Bertz CT molecular complexity index is 1300. The van der Waals surface area contributed by atoms with Crippen molar-refractivity contribution in [1.29, 1.82) is 0 Å². The molecule has 0 radical (unpaired) electrons. The average molecular weight is 412 g/mol. The van der Waals surface area contributed by atoms with Crippen LogP contribution >= 0.6 is 11.3 Å². The summed E-state index contributed by atoms with van der Waals surface area (Å²) in [7, 11) is -3.36. The van der Waals surface area contributed by atoms with Gasteiger partial charge < -0.3 is 4.57 Å². The van der Waals surface area contributed by atoms with Crippen LogP contribution in [-0.4, -0.2) is 30.9 Å². The number of carbonyl (C=O) groups is 2. The fourth-order valence-corrected chi connectivity index (χ4v) is 4.40. The van der Waals surface area contributed by atoms with Crippen molar-refractivity contribution >= 4 is 43.1 Å². The molecule has 0 aliphatic carbocycles. The van der Waals surface area contributed by atoms with Gasteiger partial charge in [-0.1, -0.05) is 29.4 Å². The number of fused-ring (bicyclic) bond motifs is 1. The molecule has 142 valence electrons. The summed E-state index contributed by atoms with van der Waals surface area (Å²) in [5.74, 6) is 1.96. The topological polar surface area (TPSA) is 85.6 Å². The number of aromatic nitrogens is 1. The zero-order valence-corrected chi connectivity index (χ0v) is 16.8. The second kappa shape index (κ2) is 7.54. The van der Waals surface area contributed by atoms with Crippen LogP contribution in [0, 0.1) is 12.3 Å². The predicted octanol–water partition coefficient (Wildman–Crippen LogP) is 2.68. The summed E-state index contributed by atoms with van der Waals surface area (Å²) in [5.41, 5.74) is 1.55. The highest BCUT2D eigenvalue weighted by molar-refractivity contribution is 7.90. The number of hydrogen-bond acceptors (Lipinski definition) is 5. The molecule has 1 aromatic heterocycles. The first-order chi connectivity index (χ1) is 13.2. The van der Waals surface area contributed by atoms with E-state index in [9.17, 15) is 18.0 Å². The average Bonchev–Trinajstić information content (AvgIpc) is 2.98. The van der Waals surface area contributed by atoms with E-state index in [-0.39, 0.29) is 17.2 Å². The summed E-state index contributed by atoms with van der Waals surface area (Å²) >= 11 is 1.19. The molecular formula is C20H16N2O4S2. The van der Waals surface area contributed by atoms with Crippen molar-refractivity contribution in [3.8, 4) is 12.3 Å². The summed E-state index contributed by atoms with van der Waals surface area (Å²) in [6, 6.07) is 10.9. The molecule has 0 aliphatic rings. The third-order valence-corrected chi connectivity index (χ3v) is 6.22. The molecular weight excluding hydrogens is 396 g/mol. The Kier molecular flexibility index (Phi) is 5.31. The molecule has 1 amide bonds. The summed E-state index contributed by atoms with van der Waals surface area (Å²) in [4.78, 5) is 28.6. The van der Waals surface area contributed by atoms with Gasteiger partial charge in [-0.05, 0) is 37.3 Å². The Morgan fingerprint density at radius 1 is 1.14 bits per heavy atom. The molecule has 2 aromatic carbocycles. The van der Waals surface area contributed by atoms with Crippen LogP contribution in [0.4, 0.5) is 0 Å². The van der Waals surface area contributed by atoms with Gasteiger partial charge in [0.25, 0.3) is 5.91 Å². The molecule has 0 N–H and O–H groups in total. The maximum absolute atomic E-state index is 12.5. The van der Waals surface area contributed by atoms with Crippen LogP contribution in [0.3, 0.4) is 0 Å². The van der Waals surface area contributed by atoms with Crippen molar-refractivity contribution in [2.75, 3.05) is 6.26 Å². The van der Waals surface area contributed by atoms with E-state index in [2.05, 4.69) is 10.9 Å². The maximum Gasteiger partial charge on any atom is 0.279 e. The molecule has 0 saturated heterocycles. The molecule has 0 unspecified atom stereocenters. The zero-order valence-electron chi connectivity index (χ0n) is 15.2. The van der Waals surface area contributed by atoms with Gasteiger partial charge in [0.2, 0.25) is 0 Å². The number of hydrogen-bond donors (Lipinski definition) is 0. The quantitative estimate of drug-likeness (QED) is 0.487. The predicted molar refractivity (Wildman–Crippen MR) is 108 cm³/mol. The van der Waals surface area contributed by atoms with Gasteiger partial charge in [-0.25, -0.2) is 8.42 Å². The lowest BCUT2D eigenvalue weighted by Crippen LogP contribution is -2.16. The molecule has 0 fully saturated rings. The van der Waals surface area contributed by atoms with Crippen molar-refractivity contribution in [3.63, 3.8) is 0 Å². The lowest BCUT2D eigenvalue weighted by molar-refractivity contribution is 0.0991. The number of rotatable bonds is 4. The molecule has 0 aliphatic heterocycles. The molecule has 0 saturated carbocycles. The van der Waals surface area contributed by atoms with Gasteiger partial charge in [-0.3, -0.25) is 9.59 Å². The molecule has 3 rings (SSSR count). The smallest absolute Gasteiger partial charge is 0.279 e. The SMILES string of the molecule is C#CCn1c(=NC(=O)c2ccc(C(C)=O)cc2)sc2cc(S(C)(=O)=O)ccc21. The Balaban J connectivity index is 2.12. The van der Waals surface area contributed by atoms with Crippen molar-refractivity contribution in [1.82, 2.24) is 4.57 Å². The van der Waals surface area contributed by atoms with E-state index >= 15 is 0 Å². The number of Topliss-reactive ketones (excluding diaryl/α,β-unsaturated/α-hetero) is 1. The van der Waals surface area contributed by atoms with Gasteiger partial charge in [0, 0.05) is 17.4 Å². The zero-order chi connectivity index (χ0) is 20.5. The maximum atomic E-state index is 12.5. The van der Waals surface area contributed by atoms with E-state index in [1.165, 1.54) is 24.3 Å². The summed E-state index contributed by atoms with van der Waals surface area (Å²) in [6.07, 6.45) is 6.58. The fraction of sp³-hybridized carbons (Fsp3) is 0.150. The molecule has 28 heavy (non-hydrogen) atoms. The van der Waals surface area contributed by atoms with Gasteiger partial charge in [-0.2, -0.15) is 4.99 Å². The van der Waals surface area contributed by atoms with Crippen LogP contribution in [0.25, 0.3) is 10.2 Å². The first-order valence-electron chi connectivity index (χ1n) is 8.17. The number of amides is 1. The van der Waals surface area contributed by atoms with Gasteiger partial charge in [0.05, 0.1) is 21.7 Å². The highest BCUT2D eigenvalue weighted by Gasteiger charge is 2.13. The Morgan fingerprint density at radius 2 is 1.79 bits per heavy atom. The minimum Gasteiger partial charge on any atom is -0.305 e. The molecule has 1 heterocycles. The minimum absolute atomic E-state index is 0.0889. The highest BCUT2D eigenvalue weighted by Crippen LogP contribution is 2.22. The van der Waals surface area contributed by atoms with Crippen molar-refractivity contribution in [3.05, 3.63) is 58.4 Å². The number of terminal acetylenes is 1. The van der Waals surface area contributed by atoms with E-state index in [1.807, 2.05) is 0 Å². The second-order valence-corrected chi connectivity index (χ2v) is 9.15. The third kappa shape index (κ3) is 3.96. The largest absolute Gasteiger partial charge is 0.305 e. The van der Waals surface area contributed by atoms with E-state index in [0.29, 0.717) is 26.1 Å². The van der Waals surface area contributed by atoms with E-state index in [4.69, 9.17) is 6.42 Å². The minimum atomic E-state index is -3.36. The van der Waals surface area contributed by atoms with Gasteiger partial charge in [0.1, 0.15) is 0 Å². The number of carbonyl (C=O) groups excluding carboxylic acids is 2. The van der Waals surface area contributed by atoms with Gasteiger partial charge in [0.15, 0.2) is 20.4 Å². The van der Waals surface area contributed by atoms with Gasteiger partial charge >= 0.3 is 0 Å². The van der Waals surface area contributed by atoms with Crippen LogP contribution in [-0.2, 0) is 16.4 Å². The fourth-order valence-electron chi connectivity index (χ4n) is 2.61. The van der Waals surface area contributed by atoms with E-state index in [1.54, 1.807) is 41.0 Å². The standard InChI is InChI=1S/C20H16N2O4S2/c1-4-11-22-17-10-9-16(28(3,25)26)12-18(17)27-20(22)21-19(24)15-7-5-14(6-8-15)13(2)23/h1,5-10,12H,11H2,2-3H3. The van der Waals surface area contributed by atoms with Crippen LogP contribution < -0.4 is 4.80 Å². The van der Waals surface area contributed by atoms with Crippen LogP contribution in [0.1, 0.15) is 27.6 Å². The molecule has 0 bridgehead atoms. The van der Waals surface area contributed by atoms with E-state index < -0.39 is 15.7 Å². The number of thiazole rings is 1. The first kappa shape index (κ1) is 19.7. The monoisotopic (exact) mass is 412 g/mol. The molecule has 8 heteroatoms. The molecule has 0 atom stereocenters.